The lowest BCUT2D eigenvalue weighted by atomic mass is 10.1. The van der Waals surface area contributed by atoms with Crippen LogP contribution in [0.25, 0.3) is 0 Å². The van der Waals surface area contributed by atoms with Crippen LogP contribution in [0.15, 0.2) is 46.0 Å². The lowest BCUT2D eigenvalue weighted by Crippen LogP contribution is -2.53. The predicted molar refractivity (Wildman–Crippen MR) is 137 cm³/mol. The third-order valence-corrected chi connectivity index (χ3v) is 6.25. The first-order chi connectivity index (χ1) is 14.7. The van der Waals surface area contributed by atoms with Gasteiger partial charge in [0.15, 0.2) is 5.96 Å². The van der Waals surface area contributed by atoms with Crippen LogP contribution in [0.2, 0.25) is 0 Å². The highest BCUT2D eigenvalue weighted by Gasteiger charge is 2.22. The van der Waals surface area contributed by atoms with Gasteiger partial charge in [0.2, 0.25) is 0 Å². The van der Waals surface area contributed by atoms with Crippen molar-refractivity contribution in [2.75, 3.05) is 57.4 Å². The van der Waals surface area contributed by atoms with Gasteiger partial charge in [-0.3, -0.25) is 4.99 Å². The molecular weight excluding hydrogens is 503 g/mol. The number of nitrogens with one attached hydrogen (secondary N) is 1. The molecule has 2 aliphatic heterocycles. The molecule has 0 radical (unpaired) electrons. The summed E-state index contributed by atoms with van der Waals surface area (Å²) in [6.45, 7) is 11.7. The average molecular weight is 538 g/mol. The molecule has 1 aromatic heterocycles. The van der Waals surface area contributed by atoms with Crippen molar-refractivity contribution < 1.29 is 9.15 Å². The Morgan fingerprint density at radius 1 is 1.13 bits per heavy atom. The van der Waals surface area contributed by atoms with Crippen LogP contribution >= 0.6 is 24.0 Å². The van der Waals surface area contributed by atoms with Gasteiger partial charge in [-0.25, -0.2) is 0 Å². The first kappa shape index (κ1) is 23.9. The van der Waals surface area contributed by atoms with E-state index in [1.807, 2.05) is 12.1 Å². The highest BCUT2D eigenvalue weighted by Crippen LogP contribution is 2.24. The number of furan rings is 1. The molecule has 1 atom stereocenters. The van der Waals surface area contributed by atoms with E-state index in [9.17, 15) is 0 Å². The molecule has 4 rings (SSSR count). The Morgan fingerprint density at radius 3 is 2.68 bits per heavy atom. The highest BCUT2D eigenvalue weighted by atomic mass is 127. The molecule has 0 saturated carbocycles. The molecule has 7 heteroatoms. The molecule has 6 nitrogen and oxygen atoms in total. The second-order valence-electron chi connectivity index (χ2n) is 8.34. The van der Waals surface area contributed by atoms with Crippen LogP contribution in [-0.2, 0) is 11.2 Å². The van der Waals surface area contributed by atoms with Crippen LogP contribution in [-0.4, -0.2) is 63.3 Å². The highest BCUT2D eigenvalue weighted by molar-refractivity contribution is 14.0. The second-order valence-corrected chi connectivity index (χ2v) is 8.34. The molecule has 0 bridgehead atoms. The maximum absolute atomic E-state index is 5.53. The minimum absolute atomic E-state index is 0. The molecule has 2 aliphatic rings. The Balaban J connectivity index is 0.00000272. The maximum atomic E-state index is 5.53. The monoisotopic (exact) mass is 538 g/mol. The SMILES string of the molecule is Cc1cccc(N2CCN(C(=NCC3CCOC3)NCCc3ccco3)CC2)c1C.I. The number of rotatable bonds is 6. The molecular formula is C24H35IN4O2. The molecule has 1 N–H and O–H groups in total. The van der Waals surface area contributed by atoms with Gasteiger partial charge in [-0.1, -0.05) is 12.1 Å². The number of anilines is 1. The Hall–Kier alpha value is -1.74. The number of hydrogen-bond donors (Lipinski definition) is 1. The summed E-state index contributed by atoms with van der Waals surface area (Å²) in [5.74, 6) is 2.57. The Labute approximate surface area is 203 Å². The van der Waals surface area contributed by atoms with Crippen LogP contribution in [0.4, 0.5) is 5.69 Å². The number of guanidine groups is 1. The van der Waals surface area contributed by atoms with Crippen LogP contribution in [0.1, 0.15) is 23.3 Å². The first-order valence-electron chi connectivity index (χ1n) is 11.2. The maximum Gasteiger partial charge on any atom is 0.194 e. The topological polar surface area (TPSA) is 53.2 Å². The van der Waals surface area contributed by atoms with Crippen molar-refractivity contribution in [3.63, 3.8) is 0 Å². The van der Waals surface area contributed by atoms with Gasteiger partial charge in [0.1, 0.15) is 5.76 Å². The summed E-state index contributed by atoms with van der Waals surface area (Å²) in [5, 5.41) is 3.58. The molecule has 0 spiro atoms. The van der Waals surface area contributed by atoms with E-state index in [1.165, 1.54) is 16.8 Å². The summed E-state index contributed by atoms with van der Waals surface area (Å²) in [5.41, 5.74) is 4.11. The van der Waals surface area contributed by atoms with Gasteiger partial charge >= 0.3 is 0 Å². The molecule has 1 unspecified atom stereocenters. The lowest BCUT2D eigenvalue weighted by Gasteiger charge is -2.38. The Kier molecular flexibility index (Phi) is 9.07. The van der Waals surface area contributed by atoms with E-state index in [4.69, 9.17) is 14.1 Å². The van der Waals surface area contributed by atoms with E-state index in [1.54, 1.807) is 6.26 Å². The van der Waals surface area contributed by atoms with Crippen molar-refractivity contribution in [1.29, 1.82) is 0 Å². The third kappa shape index (κ3) is 6.38. The number of aliphatic imine (C=N–C) groups is 1. The molecule has 3 heterocycles. The molecule has 2 saturated heterocycles. The summed E-state index contributed by atoms with van der Waals surface area (Å²) in [6, 6.07) is 10.6. The summed E-state index contributed by atoms with van der Waals surface area (Å²) in [7, 11) is 0. The second kappa shape index (κ2) is 11.8. The number of hydrogen-bond acceptors (Lipinski definition) is 4. The molecule has 31 heavy (non-hydrogen) atoms. The molecule has 170 valence electrons. The van der Waals surface area contributed by atoms with Gasteiger partial charge in [-0.05, 0) is 49.6 Å². The zero-order chi connectivity index (χ0) is 20.8. The Bertz CT molecular complexity index is 826. The van der Waals surface area contributed by atoms with Crippen LogP contribution in [0.5, 0.6) is 0 Å². The van der Waals surface area contributed by atoms with Crippen LogP contribution in [0.3, 0.4) is 0 Å². The number of halogens is 1. The van der Waals surface area contributed by atoms with Crippen LogP contribution < -0.4 is 10.2 Å². The Morgan fingerprint density at radius 2 is 1.97 bits per heavy atom. The van der Waals surface area contributed by atoms with Crippen molar-refractivity contribution in [3.8, 4) is 0 Å². The third-order valence-electron chi connectivity index (χ3n) is 6.25. The lowest BCUT2D eigenvalue weighted by molar-refractivity contribution is 0.187. The van der Waals surface area contributed by atoms with Gasteiger partial charge < -0.3 is 24.3 Å². The first-order valence-corrected chi connectivity index (χ1v) is 11.2. The quantitative estimate of drug-likeness (QED) is 0.344. The van der Waals surface area contributed by atoms with Gasteiger partial charge in [0.25, 0.3) is 0 Å². The molecule has 0 amide bonds. The van der Waals surface area contributed by atoms with Gasteiger partial charge in [0.05, 0.1) is 12.9 Å². The van der Waals surface area contributed by atoms with E-state index >= 15 is 0 Å². The molecule has 2 fully saturated rings. The molecule has 2 aromatic rings. The van der Waals surface area contributed by atoms with Crippen molar-refractivity contribution in [2.24, 2.45) is 10.9 Å². The number of benzene rings is 1. The van der Waals surface area contributed by atoms with Gasteiger partial charge in [-0.15, -0.1) is 24.0 Å². The van der Waals surface area contributed by atoms with Crippen molar-refractivity contribution in [3.05, 3.63) is 53.5 Å². The fourth-order valence-corrected chi connectivity index (χ4v) is 4.20. The number of nitrogens with zero attached hydrogens (tertiary/aromatic N) is 3. The van der Waals surface area contributed by atoms with E-state index < -0.39 is 0 Å². The zero-order valence-corrected chi connectivity index (χ0v) is 21.0. The summed E-state index contributed by atoms with van der Waals surface area (Å²) in [4.78, 5) is 9.89. The van der Waals surface area contributed by atoms with Crippen LogP contribution in [0, 0.1) is 19.8 Å². The minimum Gasteiger partial charge on any atom is -0.469 e. The van der Waals surface area contributed by atoms with E-state index in [-0.39, 0.29) is 24.0 Å². The largest absolute Gasteiger partial charge is 0.469 e. The van der Waals surface area contributed by atoms with Crippen molar-refractivity contribution >= 4 is 35.6 Å². The summed E-state index contributed by atoms with van der Waals surface area (Å²) >= 11 is 0. The number of piperazine rings is 1. The van der Waals surface area contributed by atoms with Crippen molar-refractivity contribution in [2.45, 2.75) is 26.7 Å². The zero-order valence-electron chi connectivity index (χ0n) is 18.7. The van der Waals surface area contributed by atoms with Gasteiger partial charge in [0, 0.05) is 63.9 Å². The number of aryl methyl sites for hydroxylation is 1. The van der Waals surface area contributed by atoms with E-state index in [0.29, 0.717) is 5.92 Å². The van der Waals surface area contributed by atoms with E-state index in [2.05, 4.69) is 47.2 Å². The normalized spacial score (nSPS) is 19.4. The summed E-state index contributed by atoms with van der Waals surface area (Å²) < 4.78 is 11.0. The number of ether oxygens (including phenoxy) is 1. The van der Waals surface area contributed by atoms with E-state index in [0.717, 1.165) is 77.0 Å². The van der Waals surface area contributed by atoms with Crippen molar-refractivity contribution in [1.82, 2.24) is 10.2 Å². The predicted octanol–water partition coefficient (Wildman–Crippen LogP) is 3.86. The smallest absolute Gasteiger partial charge is 0.194 e. The minimum atomic E-state index is 0. The summed E-state index contributed by atoms with van der Waals surface area (Å²) in [6.07, 6.45) is 3.71. The fourth-order valence-electron chi connectivity index (χ4n) is 4.20. The van der Waals surface area contributed by atoms with Gasteiger partial charge in [-0.2, -0.15) is 0 Å². The fraction of sp³-hybridized carbons (Fsp3) is 0.542. The molecule has 0 aliphatic carbocycles. The standard InChI is InChI=1S/C24H34N4O2.HI/c1-19-5-3-7-23(20(19)2)27-11-13-28(14-12-27)24(26-17-21-9-16-29-18-21)25-10-8-22-6-4-15-30-22;/h3-7,15,21H,8-14,16-18H2,1-2H3,(H,25,26);1H. The average Bonchev–Trinajstić information content (AvgIpc) is 3.47. The molecule has 1 aromatic carbocycles.